The summed E-state index contributed by atoms with van der Waals surface area (Å²) in [7, 11) is 0. The molecule has 0 spiro atoms. The molecule has 1 aliphatic rings. The lowest BCUT2D eigenvalue weighted by atomic mass is 9.81. The van der Waals surface area contributed by atoms with Gasteiger partial charge in [0.25, 0.3) is 0 Å². The van der Waals surface area contributed by atoms with E-state index in [1.54, 1.807) is 5.56 Å². The smallest absolute Gasteiger partial charge is 0.0341 e. The molecule has 0 heterocycles. The first-order chi connectivity index (χ1) is 7.31. The average molecular weight is 223 g/mol. The van der Waals surface area contributed by atoms with Crippen LogP contribution in [0.25, 0.3) is 0 Å². The summed E-state index contributed by atoms with van der Waals surface area (Å²) in [6.45, 7) is 2.24. The summed E-state index contributed by atoms with van der Waals surface area (Å²) >= 11 is 6.26. The molecule has 2 unspecified atom stereocenters. The molecule has 1 aliphatic carbocycles. The predicted octanol–water partition coefficient (Wildman–Crippen LogP) is 4.51. The monoisotopic (exact) mass is 222 g/mol. The molecule has 1 aromatic rings. The van der Waals surface area contributed by atoms with Crippen LogP contribution in [0.2, 0.25) is 0 Å². The lowest BCUT2D eigenvalue weighted by molar-refractivity contribution is 0.447. The first kappa shape index (κ1) is 11.0. The van der Waals surface area contributed by atoms with Gasteiger partial charge in [-0.3, -0.25) is 0 Å². The van der Waals surface area contributed by atoms with Crippen molar-refractivity contribution in [1.29, 1.82) is 0 Å². The van der Waals surface area contributed by atoms with Crippen molar-refractivity contribution >= 4 is 11.6 Å². The van der Waals surface area contributed by atoms with Crippen LogP contribution in [0, 0.1) is 0 Å². The molecule has 1 aromatic carbocycles. The van der Waals surface area contributed by atoms with Gasteiger partial charge in [0.05, 0.1) is 0 Å². The Bertz CT molecular complexity index is 319. The molecule has 1 heteroatoms. The maximum atomic E-state index is 6.26. The van der Waals surface area contributed by atoms with Gasteiger partial charge in [-0.1, -0.05) is 37.6 Å². The number of hydrogen-bond acceptors (Lipinski definition) is 0. The molecule has 0 nitrogen and oxygen atoms in total. The summed E-state index contributed by atoms with van der Waals surface area (Å²) in [5.74, 6) is 0.706. The number of benzene rings is 1. The molecular formula is C14H19Cl. The molecule has 1 saturated carbocycles. The number of hydrogen-bond donors (Lipinski definition) is 0. The highest BCUT2D eigenvalue weighted by Crippen LogP contribution is 2.36. The van der Waals surface area contributed by atoms with Gasteiger partial charge in [0.1, 0.15) is 0 Å². The van der Waals surface area contributed by atoms with Gasteiger partial charge in [-0.25, -0.2) is 0 Å². The van der Waals surface area contributed by atoms with Gasteiger partial charge in [-0.2, -0.15) is 0 Å². The largest absolute Gasteiger partial charge is 0.123 e. The van der Waals surface area contributed by atoms with Crippen LogP contribution < -0.4 is 0 Å². The van der Waals surface area contributed by atoms with E-state index < -0.39 is 0 Å². The first-order valence-electron chi connectivity index (χ1n) is 6.03. The van der Waals surface area contributed by atoms with Gasteiger partial charge in [0.15, 0.2) is 0 Å². The molecule has 2 rings (SSSR count). The summed E-state index contributed by atoms with van der Waals surface area (Å²) in [6, 6.07) is 8.85. The number of halogens is 1. The van der Waals surface area contributed by atoms with Crippen LogP contribution in [-0.2, 0) is 6.42 Å². The topological polar surface area (TPSA) is 0 Å². The van der Waals surface area contributed by atoms with Crippen molar-refractivity contribution in [2.75, 3.05) is 0 Å². The Kier molecular flexibility index (Phi) is 3.69. The van der Waals surface area contributed by atoms with E-state index in [2.05, 4.69) is 31.2 Å². The maximum Gasteiger partial charge on any atom is 0.0341 e. The molecule has 0 N–H and O–H groups in total. The zero-order chi connectivity index (χ0) is 10.7. The van der Waals surface area contributed by atoms with Crippen molar-refractivity contribution in [1.82, 2.24) is 0 Å². The van der Waals surface area contributed by atoms with Gasteiger partial charge in [-0.15, -0.1) is 11.6 Å². The number of aryl methyl sites for hydroxylation is 1. The van der Waals surface area contributed by atoms with Crippen LogP contribution in [0.15, 0.2) is 24.3 Å². The van der Waals surface area contributed by atoms with E-state index in [9.17, 15) is 0 Å². The van der Waals surface area contributed by atoms with E-state index >= 15 is 0 Å². The molecule has 0 radical (unpaired) electrons. The van der Waals surface area contributed by atoms with Crippen molar-refractivity contribution in [3.05, 3.63) is 35.4 Å². The normalized spacial score (nSPS) is 26.5. The second kappa shape index (κ2) is 5.03. The molecule has 1 fully saturated rings. The Hall–Kier alpha value is -0.490. The zero-order valence-electron chi connectivity index (χ0n) is 9.38. The van der Waals surface area contributed by atoms with E-state index in [4.69, 9.17) is 11.6 Å². The Morgan fingerprint density at radius 1 is 1.27 bits per heavy atom. The standard InChI is InChI=1S/C14H19Cl/c1-2-11-6-3-4-9-14(11)12-7-5-8-13(15)10-12/h3-4,6,9,12-13H,2,5,7-8,10H2,1H3. The fourth-order valence-electron chi connectivity index (χ4n) is 2.67. The van der Waals surface area contributed by atoms with Crippen molar-refractivity contribution in [2.45, 2.75) is 50.3 Å². The highest BCUT2D eigenvalue weighted by molar-refractivity contribution is 6.20. The molecule has 0 bridgehead atoms. The summed E-state index contributed by atoms with van der Waals surface area (Å²) in [6.07, 6.45) is 6.11. The minimum atomic E-state index is 0.397. The van der Waals surface area contributed by atoms with Gasteiger partial charge < -0.3 is 0 Å². The predicted molar refractivity (Wildman–Crippen MR) is 66.7 cm³/mol. The van der Waals surface area contributed by atoms with Gasteiger partial charge in [0.2, 0.25) is 0 Å². The number of rotatable bonds is 2. The van der Waals surface area contributed by atoms with Crippen molar-refractivity contribution in [3.8, 4) is 0 Å². The summed E-state index contributed by atoms with van der Waals surface area (Å²) in [5.41, 5.74) is 3.05. The lowest BCUT2D eigenvalue weighted by Gasteiger charge is -2.27. The third-order valence-electron chi connectivity index (χ3n) is 3.49. The first-order valence-corrected chi connectivity index (χ1v) is 6.46. The van der Waals surface area contributed by atoms with Crippen molar-refractivity contribution < 1.29 is 0 Å². The van der Waals surface area contributed by atoms with E-state index in [-0.39, 0.29) is 0 Å². The van der Waals surface area contributed by atoms with Crippen LogP contribution >= 0.6 is 11.6 Å². The van der Waals surface area contributed by atoms with Crippen molar-refractivity contribution in [2.24, 2.45) is 0 Å². The third kappa shape index (κ3) is 2.55. The van der Waals surface area contributed by atoms with E-state index in [1.807, 2.05) is 0 Å². The molecular weight excluding hydrogens is 204 g/mol. The van der Waals surface area contributed by atoms with Crippen molar-refractivity contribution in [3.63, 3.8) is 0 Å². The van der Waals surface area contributed by atoms with Crippen LogP contribution in [0.4, 0.5) is 0 Å². The van der Waals surface area contributed by atoms with Gasteiger partial charge >= 0.3 is 0 Å². The van der Waals surface area contributed by atoms with Crippen LogP contribution in [0.1, 0.15) is 49.7 Å². The summed E-state index contributed by atoms with van der Waals surface area (Å²) in [4.78, 5) is 0. The zero-order valence-corrected chi connectivity index (χ0v) is 10.1. The number of alkyl halides is 1. The van der Waals surface area contributed by atoms with Gasteiger partial charge in [-0.05, 0) is 42.7 Å². The highest BCUT2D eigenvalue weighted by atomic mass is 35.5. The Balaban J connectivity index is 2.20. The maximum absolute atomic E-state index is 6.26. The minimum absolute atomic E-state index is 0.397. The SMILES string of the molecule is CCc1ccccc1C1CCCC(Cl)C1. The molecule has 0 aromatic heterocycles. The fraction of sp³-hybridized carbons (Fsp3) is 0.571. The van der Waals surface area contributed by atoms with Crippen LogP contribution in [-0.4, -0.2) is 5.38 Å². The molecule has 0 aliphatic heterocycles. The molecule has 0 amide bonds. The fourth-order valence-corrected chi connectivity index (χ4v) is 3.04. The van der Waals surface area contributed by atoms with Gasteiger partial charge in [0, 0.05) is 5.38 Å². The van der Waals surface area contributed by atoms with Crippen LogP contribution in [0.5, 0.6) is 0 Å². The Labute approximate surface area is 97.6 Å². The molecule has 2 atom stereocenters. The summed E-state index contributed by atoms with van der Waals surface area (Å²) < 4.78 is 0. The average Bonchev–Trinajstić information content (AvgIpc) is 2.29. The highest BCUT2D eigenvalue weighted by Gasteiger charge is 2.22. The molecule has 82 valence electrons. The van der Waals surface area contributed by atoms with E-state index in [0.29, 0.717) is 11.3 Å². The second-order valence-electron chi connectivity index (χ2n) is 4.51. The second-order valence-corrected chi connectivity index (χ2v) is 5.13. The summed E-state index contributed by atoms with van der Waals surface area (Å²) in [5, 5.41) is 0.397. The van der Waals surface area contributed by atoms with E-state index in [0.717, 1.165) is 6.42 Å². The third-order valence-corrected chi connectivity index (χ3v) is 3.88. The van der Waals surface area contributed by atoms with E-state index in [1.165, 1.54) is 31.2 Å². The Morgan fingerprint density at radius 3 is 2.80 bits per heavy atom. The minimum Gasteiger partial charge on any atom is -0.123 e. The quantitative estimate of drug-likeness (QED) is 0.646. The Morgan fingerprint density at radius 2 is 2.07 bits per heavy atom. The van der Waals surface area contributed by atoms with Crippen LogP contribution in [0.3, 0.4) is 0 Å². The molecule has 15 heavy (non-hydrogen) atoms. The molecule has 0 saturated heterocycles. The lowest BCUT2D eigenvalue weighted by Crippen LogP contribution is -2.15.